The van der Waals surface area contributed by atoms with Gasteiger partial charge in [-0.1, -0.05) is 38.0 Å². The first kappa shape index (κ1) is 13.0. The molecule has 1 aromatic heterocycles. The zero-order valence-corrected chi connectivity index (χ0v) is 11.2. The molecule has 0 saturated heterocycles. The highest BCUT2D eigenvalue weighted by Gasteiger charge is 2.21. The zero-order valence-electron chi connectivity index (χ0n) is 11.2. The van der Waals surface area contributed by atoms with Gasteiger partial charge >= 0.3 is 0 Å². The molecule has 0 radical (unpaired) electrons. The summed E-state index contributed by atoms with van der Waals surface area (Å²) in [6.45, 7) is 4.08. The number of aliphatic hydroxyl groups is 1. The number of pyridine rings is 1. The molecule has 1 heterocycles. The molecule has 18 heavy (non-hydrogen) atoms. The minimum atomic E-state index is -0.625. The minimum Gasteiger partial charge on any atom is -0.390 e. The molecule has 96 valence electrons. The average Bonchev–Trinajstić information content (AvgIpc) is 2.37. The number of hydrogen-bond donors (Lipinski definition) is 1. The Labute approximate surface area is 109 Å². The fraction of sp³-hybridized carbons (Fsp3) is 0.438. The molecule has 0 amide bonds. The Morgan fingerprint density at radius 3 is 2.78 bits per heavy atom. The molecule has 1 unspecified atom stereocenters. The van der Waals surface area contributed by atoms with Crippen molar-refractivity contribution < 1.29 is 5.11 Å². The smallest absolute Gasteiger partial charge is 0.0704 e. The van der Waals surface area contributed by atoms with Gasteiger partial charge in [-0.2, -0.15) is 0 Å². The third-order valence-electron chi connectivity index (χ3n) is 3.38. The Morgan fingerprint density at radius 2 is 2.00 bits per heavy atom. The van der Waals surface area contributed by atoms with Gasteiger partial charge in [0.1, 0.15) is 0 Å². The molecule has 2 rings (SSSR count). The van der Waals surface area contributed by atoms with E-state index < -0.39 is 5.60 Å². The van der Waals surface area contributed by atoms with Crippen molar-refractivity contribution in [2.24, 2.45) is 0 Å². The molecule has 2 nitrogen and oxygen atoms in total. The summed E-state index contributed by atoms with van der Waals surface area (Å²) in [5.41, 5.74) is 1.56. The van der Waals surface area contributed by atoms with Crippen LogP contribution in [0.2, 0.25) is 0 Å². The van der Waals surface area contributed by atoms with E-state index in [0.29, 0.717) is 6.42 Å². The normalized spacial score (nSPS) is 14.6. The Hall–Kier alpha value is -1.41. The van der Waals surface area contributed by atoms with Crippen LogP contribution < -0.4 is 0 Å². The van der Waals surface area contributed by atoms with Crippen LogP contribution in [0.3, 0.4) is 0 Å². The first-order valence-corrected chi connectivity index (χ1v) is 6.67. The molecule has 0 aliphatic heterocycles. The van der Waals surface area contributed by atoms with Gasteiger partial charge in [-0.05, 0) is 31.0 Å². The van der Waals surface area contributed by atoms with Crippen LogP contribution in [0.15, 0.2) is 36.5 Å². The van der Waals surface area contributed by atoms with Crippen molar-refractivity contribution in [3.05, 3.63) is 42.1 Å². The number of fused-ring (bicyclic) bond motifs is 1. The zero-order chi connectivity index (χ0) is 13.0. The van der Waals surface area contributed by atoms with Gasteiger partial charge in [0, 0.05) is 18.0 Å². The molecule has 1 atom stereocenters. The summed E-state index contributed by atoms with van der Waals surface area (Å²) in [5.74, 6) is 0. The largest absolute Gasteiger partial charge is 0.390 e. The molecule has 1 aromatic carbocycles. The summed E-state index contributed by atoms with van der Waals surface area (Å²) in [4.78, 5) is 4.35. The fourth-order valence-corrected chi connectivity index (χ4v) is 2.37. The van der Waals surface area contributed by atoms with Crippen molar-refractivity contribution in [1.29, 1.82) is 0 Å². The molecule has 0 aliphatic carbocycles. The van der Waals surface area contributed by atoms with E-state index >= 15 is 0 Å². The molecule has 0 saturated carbocycles. The van der Waals surface area contributed by atoms with Gasteiger partial charge < -0.3 is 5.11 Å². The summed E-state index contributed by atoms with van der Waals surface area (Å²) in [7, 11) is 0. The van der Waals surface area contributed by atoms with Crippen molar-refractivity contribution in [3.8, 4) is 0 Å². The lowest BCUT2D eigenvalue weighted by Crippen LogP contribution is -2.27. The predicted molar refractivity (Wildman–Crippen MR) is 75.6 cm³/mol. The van der Waals surface area contributed by atoms with Crippen LogP contribution in [-0.4, -0.2) is 15.7 Å². The van der Waals surface area contributed by atoms with Gasteiger partial charge in [0.2, 0.25) is 0 Å². The summed E-state index contributed by atoms with van der Waals surface area (Å²) < 4.78 is 0. The van der Waals surface area contributed by atoms with Crippen molar-refractivity contribution in [2.75, 3.05) is 0 Å². The van der Waals surface area contributed by atoms with Gasteiger partial charge in [0.15, 0.2) is 0 Å². The summed E-state index contributed by atoms with van der Waals surface area (Å²) >= 11 is 0. The SMILES string of the molecule is CCCCC(C)(O)Cc1ccnc2ccccc12. The Kier molecular flexibility index (Phi) is 3.97. The molecule has 0 spiro atoms. The molecule has 1 N–H and O–H groups in total. The van der Waals surface area contributed by atoms with Gasteiger partial charge in [-0.25, -0.2) is 0 Å². The Balaban J connectivity index is 2.26. The van der Waals surface area contributed by atoms with Gasteiger partial charge in [-0.3, -0.25) is 4.98 Å². The van der Waals surface area contributed by atoms with Crippen LogP contribution in [0.4, 0.5) is 0 Å². The van der Waals surface area contributed by atoms with E-state index in [4.69, 9.17) is 0 Å². The maximum Gasteiger partial charge on any atom is 0.0704 e. The molecule has 0 bridgehead atoms. The number of nitrogens with zero attached hydrogens (tertiary/aromatic N) is 1. The molecule has 0 aliphatic rings. The van der Waals surface area contributed by atoms with E-state index in [1.54, 1.807) is 0 Å². The second-order valence-corrected chi connectivity index (χ2v) is 5.26. The van der Waals surface area contributed by atoms with E-state index in [2.05, 4.69) is 18.0 Å². The van der Waals surface area contributed by atoms with Gasteiger partial charge in [0.25, 0.3) is 0 Å². The maximum atomic E-state index is 10.4. The highest BCUT2D eigenvalue weighted by atomic mass is 16.3. The Bertz CT molecular complexity index is 514. The summed E-state index contributed by atoms with van der Waals surface area (Å²) in [6, 6.07) is 10.1. The highest BCUT2D eigenvalue weighted by molar-refractivity contribution is 5.81. The number of aromatic nitrogens is 1. The third kappa shape index (κ3) is 3.08. The Morgan fingerprint density at radius 1 is 1.22 bits per heavy atom. The monoisotopic (exact) mass is 243 g/mol. The van der Waals surface area contributed by atoms with Crippen molar-refractivity contribution in [2.45, 2.75) is 45.1 Å². The second-order valence-electron chi connectivity index (χ2n) is 5.26. The van der Waals surface area contributed by atoms with Gasteiger partial charge in [-0.15, -0.1) is 0 Å². The maximum absolute atomic E-state index is 10.4. The number of benzene rings is 1. The minimum absolute atomic E-state index is 0.625. The summed E-state index contributed by atoms with van der Waals surface area (Å²) in [5, 5.41) is 11.6. The van der Waals surface area contributed by atoms with Gasteiger partial charge in [0.05, 0.1) is 11.1 Å². The molecular weight excluding hydrogens is 222 g/mol. The van der Waals surface area contributed by atoms with E-state index in [-0.39, 0.29) is 0 Å². The predicted octanol–water partition coefficient (Wildman–Crippen LogP) is 3.72. The van der Waals surface area contributed by atoms with E-state index in [0.717, 1.165) is 30.2 Å². The van der Waals surface area contributed by atoms with Crippen LogP contribution in [0.1, 0.15) is 38.7 Å². The third-order valence-corrected chi connectivity index (χ3v) is 3.38. The molecule has 2 heteroatoms. The molecule has 0 fully saturated rings. The standard InChI is InChI=1S/C16H21NO/c1-3-4-10-16(2,18)12-13-9-11-17-15-8-6-5-7-14(13)15/h5-9,11,18H,3-4,10,12H2,1-2H3. The van der Waals surface area contributed by atoms with Crippen LogP contribution in [0, 0.1) is 0 Å². The first-order valence-electron chi connectivity index (χ1n) is 6.67. The number of rotatable bonds is 5. The van der Waals surface area contributed by atoms with Crippen LogP contribution in [-0.2, 0) is 6.42 Å². The highest BCUT2D eigenvalue weighted by Crippen LogP contribution is 2.24. The van der Waals surface area contributed by atoms with Crippen molar-refractivity contribution in [1.82, 2.24) is 4.98 Å². The van der Waals surface area contributed by atoms with E-state index in [1.807, 2.05) is 37.4 Å². The first-order chi connectivity index (χ1) is 8.62. The second kappa shape index (κ2) is 5.49. The fourth-order valence-electron chi connectivity index (χ4n) is 2.37. The topological polar surface area (TPSA) is 33.1 Å². The van der Waals surface area contributed by atoms with E-state index in [9.17, 15) is 5.11 Å². The summed E-state index contributed by atoms with van der Waals surface area (Å²) in [6.07, 6.45) is 5.55. The molecule has 2 aromatic rings. The van der Waals surface area contributed by atoms with Crippen molar-refractivity contribution >= 4 is 10.9 Å². The number of hydrogen-bond acceptors (Lipinski definition) is 2. The number of unbranched alkanes of at least 4 members (excludes halogenated alkanes) is 1. The van der Waals surface area contributed by atoms with E-state index in [1.165, 1.54) is 5.56 Å². The molecular formula is C16H21NO. The lowest BCUT2D eigenvalue weighted by Gasteiger charge is -2.23. The van der Waals surface area contributed by atoms with Crippen LogP contribution >= 0.6 is 0 Å². The lowest BCUT2D eigenvalue weighted by atomic mass is 9.90. The van der Waals surface area contributed by atoms with Crippen molar-refractivity contribution in [3.63, 3.8) is 0 Å². The van der Waals surface area contributed by atoms with Crippen LogP contribution in [0.5, 0.6) is 0 Å². The van der Waals surface area contributed by atoms with Crippen LogP contribution in [0.25, 0.3) is 10.9 Å². The average molecular weight is 243 g/mol. The quantitative estimate of drug-likeness (QED) is 0.868. The lowest BCUT2D eigenvalue weighted by molar-refractivity contribution is 0.0493. The number of para-hydroxylation sites is 1.